The molecule has 1 unspecified atom stereocenters. The lowest BCUT2D eigenvalue weighted by molar-refractivity contribution is 0.198. The van der Waals surface area contributed by atoms with Crippen molar-refractivity contribution in [3.05, 3.63) is 65.1 Å². The molecule has 4 nitrogen and oxygen atoms in total. The third-order valence-electron chi connectivity index (χ3n) is 6.49. The molecule has 1 fully saturated rings. The number of piperidine rings is 1. The summed E-state index contributed by atoms with van der Waals surface area (Å²) in [4.78, 5) is 2.51. The maximum Gasteiger partial charge on any atom is 0.123 e. The number of hydrogen-bond donors (Lipinski definition) is 2. The highest BCUT2D eigenvalue weighted by Gasteiger charge is 2.25. The number of nitrogens with two attached hydrogens (primary N) is 1. The van der Waals surface area contributed by atoms with Crippen molar-refractivity contribution < 1.29 is 4.39 Å². The SMILES string of the molecule is CC(C)NCCC(N)CN1CCC(c2cn(-c3ccc(F)cc3)c3cc(Cl)ccc23)CC1. The van der Waals surface area contributed by atoms with E-state index in [-0.39, 0.29) is 11.9 Å². The van der Waals surface area contributed by atoms with Gasteiger partial charge in [-0.25, -0.2) is 4.39 Å². The zero-order valence-corrected chi connectivity index (χ0v) is 19.8. The summed E-state index contributed by atoms with van der Waals surface area (Å²) in [6, 6.07) is 13.4. The molecule has 0 radical (unpaired) electrons. The number of halogens is 2. The number of hydrogen-bond acceptors (Lipinski definition) is 3. The standard InChI is InChI=1S/C26H34ClFN4/c1-18(2)30-12-9-22(29)16-31-13-10-19(11-14-31)25-17-32(23-6-4-21(28)5-7-23)26-15-20(27)3-8-24(25)26/h3-8,15,17-19,22,30H,9-14,16,29H2,1-2H3. The van der Waals surface area contributed by atoms with E-state index in [1.165, 1.54) is 23.1 Å². The molecule has 32 heavy (non-hydrogen) atoms. The van der Waals surface area contributed by atoms with Gasteiger partial charge >= 0.3 is 0 Å². The normalized spacial score (nSPS) is 16.8. The molecular formula is C26H34ClFN4. The highest BCUT2D eigenvalue weighted by Crippen LogP contribution is 2.36. The minimum absolute atomic E-state index is 0.209. The largest absolute Gasteiger partial charge is 0.326 e. The Bertz CT molecular complexity index is 1020. The van der Waals surface area contributed by atoms with Gasteiger partial charge in [0, 0.05) is 40.9 Å². The van der Waals surface area contributed by atoms with Gasteiger partial charge in [-0.3, -0.25) is 0 Å². The second kappa shape index (κ2) is 10.3. The van der Waals surface area contributed by atoms with E-state index in [4.69, 9.17) is 17.3 Å². The van der Waals surface area contributed by atoms with Crippen molar-refractivity contribution in [3.8, 4) is 5.69 Å². The molecule has 6 heteroatoms. The molecular weight excluding hydrogens is 423 g/mol. The summed E-state index contributed by atoms with van der Waals surface area (Å²) in [5.41, 5.74) is 9.75. The molecule has 0 bridgehead atoms. The van der Waals surface area contributed by atoms with Crippen LogP contribution < -0.4 is 11.1 Å². The van der Waals surface area contributed by atoms with E-state index >= 15 is 0 Å². The monoisotopic (exact) mass is 456 g/mol. The maximum absolute atomic E-state index is 13.5. The number of benzene rings is 2. The fourth-order valence-corrected chi connectivity index (χ4v) is 4.94. The van der Waals surface area contributed by atoms with Crippen LogP contribution in [0.3, 0.4) is 0 Å². The Morgan fingerprint density at radius 1 is 1.12 bits per heavy atom. The molecule has 1 aliphatic heterocycles. The summed E-state index contributed by atoms with van der Waals surface area (Å²) >= 11 is 6.32. The third-order valence-corrected chi connectivity index (χ3v) is 6.73. The molecule has 4 rings (SSSR count). The number of nitrogens with one attached hydrogen (secondary N) is 1. The molecule has 3 aromatic rings. The van der Waals surface area contributed by atoms with Crippen molar-refractivity contribution in [2.24, 2.45) is 5.73 Å². The number of fused-ring (bicyclic) bond motifs is 1. The van der Waals surface area contributed by atoms with Crippen LogP contribution in [0.4, 0.5) is 4.39 Å². The van der Waals surface area contributed by atoms with Gasteiger partial charge in [0.15, 0.2) is 0 Å². The van der Waals surface area contributed by atoms with Crippen molar-refractivity contribution >= 4 is 22.5 Å². The quantitative estimate of drug-likeness (QED) is 0.482. The fourth-order valence-electron chi connectivity index (χ4n) is 4.77. The molecule has 0 amide bonds. The number of likely N-dealkylation sites (tertiary alicyclic amines) is 1. The van der Waals surface area contributed by atoms with E-state index in [1.807, 2.05) is 24.3 Å². The lowest BCUT2D eigenvalue weighted by Crippen LogP contribution is -2.43. The molecule has 1 aliphatic rings. The van der Waals surface area contributed by atoms with E-state index in [0.29, 0.717) is 17.0 Å². The van der Waals surface area contributed by atoms with Gasteiger partial charge in [-0.05, 0) is 86.8 Å². The molecule has 3 N–H and O–H groups in total. The van der Waals surface area contributed by atoms with Crippen LogP contribution in [0.5, 0.6) is 0 Å². The average Bonchev–Trinajstić information content (AvgIpc) is 3.13. The van der Waals surface area contributed by atoms with Crippen molar-refractivity contribution in [1.82, 2.24) is 14.8 Å². The average molecular weight is 457 g/mol. The first kappa shape index (κ1) is 23.2. The van der Waals surface area contributed by atoms with Gasteiger partial charge in [-0.2, -0.15) is 0 Å². The summed E-state index contributed by atoms with van der Waals surface area (Å²) < 4.78 is 15.6. The lowest BCUT2D eigenvalue weighted by atomic mass is 9.89. The molecule has 2 heterocycles. The minimum atomic E-state index is -0.228. The predicted molar refractivity (Wildman–Crippen MR) is 132 cm³/mol. The van der Waals surface area contributed by atoms with Crippen LogP contribution >= 0.6 is 11.6 Å². The summed E-state index contributed by atoms with van der Waals surface area (Å²) in [7, 11) is 0. The summed E-state index contributed by atoms with van der Waals surface area (Å²) in [6.07, 6.45) is 5.45. The Labute approximate surface area is 195 Å². The Hall–Kier alpha value is -1.92. The van der Waals surface area contributed by atoms with Crippen LogP contribution in [0.25, 0.3) is 16.6 Å². The van der Waals surface area contributed by atoms with E-state index in [1.54, 1.807) is 0 Å². The first-order valence-corrected chi connectivity index (χ1v) is 12.1. The highest BCUT2D eigenvalue weighted by atomic mass is 35.5. The Kier molecular flexibility index (Phi) is 7.51. The second-order valence-electron chi connectivity index (χ2n) is 9.32. The van der Waals surface area contributed by atoms with Gasteiger partial charge in [-0.15, -0.1) is 0 Å². The lowest BCUT2D eigenvalue weighted by Gasteiger charge is -2.33. The maximum atomic E-state index is 13.5. The summed E-state index contributed by atoms with van der Waals surface area (Å²) in [5, 5.41) is 5.39. The first-order valence-electron chi connectivity index (χ1n) is 11.7. The highest BCUT2D eigenvalue weighted by molar-refractivity contribution is 6.31. The number of nitrogens with zero attached hydrogens (tertiary/aromatic N) is 2. The van der Waals surface area contributed by atoms with E-state index in [9.17, 15) is 4.39 Å². The molecule has 1 aromatic heterocycles. The smallest absolute Gasteiger partial charge is 0.123 e. The molecule has 1 atom stereocenters. The molecule has 1 saturated heterocycles. The van der Waals surface area contributed by atoms with Gasteiger partial charge in [0.2, 0.25) is 0 Å². The number of rotatable bonds is 8. The zero-order chi connectivity index (χ0) is 22.7. The topological polar surface area (TPSA) is 46.2 Å². The zero-order valence-electron chi connectivity index (χ0n) is 19.0. The van der Waals surface area contributed by atoms with Gasteiger partial charge in [0.05, 0.1) is 5.52 Å². The second-order valence-corrected chi connectivity index (χ2v) is 9.76. The van der Waals surface area contributed by atoms with Gasteiger partial charge < -0.3 is 20.5 Å². The summed E-state index contributed by atoms with van der Waals surface area (Å²) in [5.74, 6) is 0.268. The van der Waals surface area contributed by atoms with Gasteiger partial charge in [-0.1, -0.05) is 31.5 Å². The van der Waals surface area contributed by atoms with Crippen LogP contribution in [0.1, 0.15) is 44.6 Å². The van der Waals surface area contributed by atoms with Crippen molar-refractivity contribution in [3.63, 3.8) is 0 Å². The van der Waals surface area contributed by atoms with Crippen LogP contribution in [0.15, 0.2) is 48.7 Å². The van der Waals surface area contributed by atoms with E-state index in [2.05, 4.69) is 40.9 Å². The molecule has 0 saturated carbocycles. The van der Waals surface area contributed by atoms with Crippen molar-refractivity contribution in [1.29, 1.82) is 0 Å². The van der Waals surface area contributed by atoms with E-state index < -0.39 is 0 Å². The van der Waals surface area contributed by atoms with Crippen LogP contribution in [0.2, 0.25) is 5.02 Å². The Balaban J connectivity index is 1.46. The molecule has 0 spiro atoms. The third kappa shape index (κ3) is 5.52. The van der Waals surface area contributed by atoms with Crippen LogP contribution in [0, 0.1) is 5.82 Å². The number of aromatic nitrogens is 1. The van der Waals surface area contributed by atoms with Crippen molar-refractivity contribution in [2.75, 3.05) is 26.2 Å². The Morgan fingerprint density at radius 2 is 1.84 bits per heavy atom. The molecule has 0 aliphatic carbocycles. The van der Waals surface area contributed by atoms with Crippen LogP contribution in [-0.4, -0.2) is 47.7 Å². The van der Waals surface area contributed by atoms with Crippen LogP contribution in [-0.2, 0) is 0 Å². The van der Waals surface area contributed by atoms with Crippen molar-refractivity contribution in [2.45, 2.75) is 51.1 Å². The molecule has 172 valence electrons. The minimum Gasteiger partial charge on any atom is -0.326 e. The predicted octanol–water partition coefficient (Wildman–Crippen LogP) is 5.32. The summed E-state index contributed by atoms with van der Waals surface area (Å²) in [6.45, 7) is 8.38. The van der Waals surface area contributed by atoms with Gasteiger partial charge in [0.25, 0.3) is 0 Å². The fraction of sp³-hybridized carbons (Fsp3) is 0.462. The van der Waals surface area contributed by atoms with Gasteiger partial charge in [0.1, 0.15) is 5.82 Å². The van der Waals surface area contributed by atoms with E-state index in [0.717, 1.165) is 56.6 Å². The first-order chi connectivity index (χ1) is 15.4. The molecule has 2 aromatic carbocycles. The Morgan fingerprint density at radius 3 is 2.53 bits per heavy atom.